The molecule has 3 saturated heterocycles. The summed E-state index contributed by atoms with van der Waals surface area (Å²) >= 11 is 0. The number of carbonyl (C=O) groups excluding carboxylic acids is 2. The molecule has 3 heterocycles. The van der Waals surface area contributed by atoms with Gasteiger partial charge in [-0.2, -0.15) is 0 Å². The maximum Gasteiger partial charge on any atom is 0.253 e. The van der Waals surface area contributed by atoms with Gasteiger partial charge in [-0.1, -0.05) is 0 Å². The summed E-state index contributed by atoms with van der Waals surface area (Å²) in [5.74, 6) is 0.0931. The van der Waals surface area contributed by atoms with Crippen LogP contribution in [0.25, 0.3) is 0 Å². The van der Waals surface area contributed by atoms with Crippen LogP contribution < -0.4 is 4.90 Å². The van der Waals surface area contributed by atoms with E-state index < -0.39 is 0 Å². The number of fused-ring (bicyclic) bond motifs is 2. The van der Waals surface area contributed by atoms with Gasteiger partial charge in [-0.3, -0.25) is 9.59 Å². The Bertz CT molecular complexity index is 701. The van der Waals surface area contributed by atoms with Gasteiger partial charge in [-0.05, 0) is 43.5 Å². The number of hydrogen-bond donors (Lipinski definition) is 0. The Balaban J connectivity index is 1.36. The van der Waals surface area contributed by atoms with Crippen LogP contribution in [0, 0.1) is 0 Å². The van der Waals surface area contributed by atoms with E-state index >= 15 is 0 Å². The summed E-state index contributed by atoms with van der Waals surface area (Å²) in [4.78, 5) is 31.5. The van der Waals surface area contributed by atoms with Crippen LogP contribution in [-0.4, -0.2) is 86.8 Å². The van der Waals surface area contributed by atoms with Gasteiger partial charge in [0.05, 0.1) is 12.7 Å². The Kier molecular flexibility index (Phi) is 5.55. The molecule has 3 atom stereocenters. The highest BCUT2D eigenvalue weighted by molar-refractivity contribution is 5.95. The fraction of sp³-hybridized carbons (Fsp3) is 0.619. The number of benzene rings is 1. The molecule has 0 aromatic heterocycles. The highest BCUT2D eigenvalue weighted by Crippen LogP contribution is 2.31. The SMILES string of the molecule is CN(C)c1ccc(C(=O)N2CC3CCC(C2)N3C(=O)CO[C@H]2CCOC2)cc1. The van der Waals surface area contributed by atoms with Gasteiger partial charge in [-0.25, -0.2) is 0 Å². The average molecular weight is 387 g/mol. The molecular weight excluding hydrogens is 358 g/mol. The largest absolute Gasteiger partial charge is 0.379 e. The average Bonchev–Trinajstić information content (AvgIpc) is 3.31. The van der Waals surface area contributed by atoms with Crippen molar-refractivity contribution in [2.24, 2.45) is 0 Å². The van der Waals surface area contributed by atoms with E-state index in [0.29, 0.717) is 31.9 Å². The molecule has 1 aromatic rings. The van der Waals surface area contributed by atoms with Crippen molar-refractivity contribution in [1.29, 1.82) is 0 Å². The van der Waals surface area contributed by atoms with Gasteiger partial charge in [0.1, 0.15) is 6.61 Å². The normalized spacial score (nSPS) is 26.6. The van der Waals surface area contributed by atoms with E-state index in [0.717, 1.165) is 24.9 Å². The molecule has 4 rings (SSSR count). The summed E-state index contributed by atoms with van der Waals surface area (Å²) in [6, 6.07) is 7.89. The fourth-order valence-corrected chi connectivity index (χ4v) is 4.47. The monoisotopic (exact) mass is 387 g/mol. The molecular formula is C21H29N3O4. The van der Waals surface area contributed by atoms with Gasteiger partial charge in [0.2, 0.25) is 5.91 Å². The number of piperazine rings is 1. The smallest absolute Gasteiger partial charge is 0.253 e. The van der Waals surface area contributed by atoms with Crippen LogP contribution >= 0.6 is 0 Å². The lowest BCUT2D eigenvalue weighted by Crippen LogP contribution is -2.58. The third kappa shape index (κ3) is 3.86. The van der Waals surface area contributed by atoms with Gasteiger partial charge in [0, 0.05) is 57.1 Å². The summed E-state index contributed by atoms with van der Waals surface area (Å²) in [6.07, 6.45) is 2.79. The van der Waals surface area contributed by atoms with E-state index in [2.05, 4.69) is 0 Å². The zero-order valence-electron chi connectivity index (χ0n) is 16.7. The zero-order valence-corrected chi connectivity index (χ0v) is 16.7. The summed E-state index contributed by atoms with van der Waals surface area (Å²) in [5.41, 5.74) is 1.77. The molecule has 2 amide bonds. The molecule has 3 aliphatic heterocycles. The first-order chi connectivity index (χ1) is 13.5. The van der Waals surface area contributed by atoms with Crippen molar-refractivity contribution in [3.8, 4) is 0 Å². The van der Waals surface area contributed by atoms with Gasteiger partial charge < -0.3 is 24.2 Å². The lowest BCUT2D eigenvalue weighted by atomic mass is 10.1. The number of nitrogens with zero attached hydrogens (tertiary/aromatic N) is 3. The molecule has 0 aliphatic carbocycles. The van der Waals surface area contributed by atoms with Gasteiger partial charge in [-0.15, -0.1) is 0 Å². The Labute approximate surface area is 166 Å². The molecule has 0 N–H and O–H groups in total. The maximum atomic E-state index is 12.9. The van der Waals surface area contributed by atoms with E-state index in [1.54, 1.807) is 0 Å². The third-order valence-electron chi connectivity index (χ3n) is 6.02. The van der Waals surface area contributed by atoms with Crippen molar-refractivity contribution in [3.63, 3.8) is 0 Å². The predicted molar refractivity (Wildman–Crippen MR) is 106 cm³/mol. The molecule has 1 aromatic carbocycles. The molecule has 2 unspecified atom stereocenters. The van der Waals surface area contributed by atoms with Crippen LogP contribution in [0.4, 0.5) is 5.69 Å². The fourth-order valence-electron chi connectivity index (χ4n) is 4.47. The van der Waals surface area contributed by atoms with Crippen molar-refractivity contribution in [3.05, 3.63) is 29.8 Å². The van der Waals surface area contributed by atoms with Gasteiger partial charge in [0.15, 0.2) is 0 Å². The number of carbonyl (C=O) groups is 2. The third-order valence-corrected chi connectivity index (χ3v) is 6.02. The Hall–Kier alpha value is -2.12. The minimum Gasteiger partial charge on any atom is -0.379 e. The topological polar surface area (TPSA) is 62.3 Å². The minimum absolute atomic E-state index is 0.0367. The van der Waals surface area contributed by atoms with Crippen molar-refractivity contribution in [1.82, 2.24) is 9.80 Å². The van der Waals surface area contributed by atoms with Crippen LogP contribution in [0.3, 0.4) is 0 Å². The van der Waals surface area contributed by atoms with Crippen LogP contribution in [0.5, 0.6) is 0 Å². The van der Waals surface area contributed by atoms with Crippen molar-refractivity contribution in [2.45, 2.75) is 37.5 Å². The molecule has 3 fully saturated rings. The lowest BCUT2D eigenvalue weighted by molar-refractivity contribution is -0.143. The van der Waals surface area contributed by atoms with Crippen LogP contribution in [0.15, 0.2) is 24.3 Å². The summed E-state index contributed by atoms with van der Waals surface area (Å²) in [5, 5.41) is 0. The summed E-state index contributed by atoms with van der Waals surface area (Å²) in [6.45, 7) is 2.60. The standard InChI is InChI=1S/C21H29N3O4/c1-22(2)16-5-3-15(4-6-16)21(26)23-11-17-7-8-18(12-23)24(17)20(25)14-28-19-9-10-27-13-19/h3-6,17-19H,7-14H2,1-2H3/t17?,18?,19-/m0/s1. The quantitative estimate of drug-likeness (QED) is 0.764. The van der Waals surface area contributed by atoms with E-state index in [4.69, 9.17) is 9.47 Å². The second kappa shape index (κ2) is 8.09. The van der Waals surface area contributed by atoms with Crippen LogP contribution in [0.2, 0.25) is 0 Å². The first kappa shape index (κ1) is 19.2. The first-order valence-electron chi connectivity index (χ1n) is 10.1. The minimum atomic E-state index is 0.0367. The van der Waals surface area contributed by atoms with Gasteiger partial charge in [0.25, 0.3) is 5.91 Å². The lowest BCUT2D eigenvalue weighted by Gasteiger charge is -2.41. The van der Waals surface area contributed by atoms with E-state index in [1.165, 1.54) is 0 Å². The number of likely N-dealkylation sites (tertiary alicyclic amines) is 1. The second-order valence-corrected chi connectivity index (χ2v) is 8.13. The summed E-state index contributed by atoms with van der Waals surface area (Å²) in [7, 11) is 3.96. The van der Waals surface area contributed by atoms with Crippen LogP contribution in [0.1, 0.15) is 29.6 Å². The zero-order chi connectivity index (χ0) is 19.7. The molecule has 7 nitrogen and oxygen atoms in total. The molecule has 3 aliphatic rings. The van der Waals surface area contributed by atoms with Crippen molar-refractivity contribution >= 4 is 17.5 Å². The molecule has 0 spiro atoms. The Morgan fingerprint density at radius 2 is 1.79 bits per heavy atom. The number of anilines is 1. The summed E-state index contributed by atoms with van der Waals surface area (Å²) < 4.78 is 11.0. The number of amides is 2. The van der Waals surface area contributed by atoms with Crippen LogP contribution in [-0.2, 0) is 14.3 Å². The molecule has 0 radical (unpaired) electrons. The molecule has 2 bridgehead atoms. The number of ether oxygens (including phenoxy) is 2. The maximum absolute atomic E-state index is 12.9. The van der Waals surface area contributed by atoms with Crippen molar-refractivity contribution < 1.29 is 19.1 Å². The van der Waals surface area contributed by atoms with E-state index in [9.17, 15) is 9.59 Å². The Morgan fingerprint density at radius 3 is 2.36 bits per heavy atom. The predicted octanol–water partition coefficient (Wildman–Crippen LogP) is 1.37. The van der Waals surface area contributed by atoms with Gasteiger partial charge >= 0.3 is 0 Å². The van der Waals surface area contributed by atoms with Crippen molar-refractivity contribution in [2.75, 3.05) is 51.9 Å². The highest BCUT2D eigenvalue weighted by atomic mass is 16.5. The van der Waals surface area contributed by atoms with E-state index in [1.807, 2.05) is 53.1 Å². The van der Waals surface area contributed by atoms with E-state index in [-0.39, 0.29) is 36.6 Å². The second-order valence-electron chi connectivity index (χ2n) is 8.13. The molecule has 28 heavy (non-hydrogen) atoms. The highest BCUT2D eigenvalue weighted by Gasteiger charge is 2.43. The number of hydrogen-bond acceptors (Lipinski definition) is 5. The molecule has 0 saturated carbocycles. The molecule has 7 heteroatoms. The first-order valence-corrected chi connectivity index (χ1v) is 10.1. The molecule has 152 valence electrons. The Morgan fingerprint density at radius 1 is 1.11 bits per heavy atom. The number of rotatable bonds is 5.